The number of hydrogen-bond acceptors (Lipinski definition) is 3. The highest BCUT2D eigenvalue weighted by molar-refractivity contribution is 9.10. The first kappa shape index (κ1) is 13.3. The van der Waals surface area contributed by atoms with Crippen LogP contribution in [0.1, 0.15) is 6.42 Å². The quantitative estimate of drug-likeness (QED) is 0.782. The van der Waals surface area contributed by atoms with E-state index >= 15 is 0 Å². The van der Waals surface area contributed by atoms with Crippen molar-refractivity contribution in [3.05, 3.63) is 48.1 Å². The second-order valence-electron chi connectivity index (χ2n) is 4.44. The summed E-state index contributed by atoms with van der Waals surface area (Å²) in [5.74, 6) is 0.623. The highest BCUT2D eigenvalue weighted by atomic mass is 79.9. The number of rotatable bonds is 5. The molecule has 1 atom stereocenters. The summed E-state index contributed by atoms with van der Waals surface area (Å²) in [6.07, 6.45) is 6.45. The van der Waals surface area contributed by atoms with E-state index in [1.807, 2.05) is 24.3 Å². The summed E-state index contributed by atoms with van der Waals surface area (Å²) in [7, 11) is 0. The number of pyridine rings is 1. The summed E-state index contributed by atoms with van der Waals surface area (Å²) >= 11 is 3.45. The zero-order valence-electron chi connectivity index (χ0n) is 10.3. The van der Waals surface area contributed by atoms with Gasteiger partial charge in [-0.2, -0.15) is 0 Å². The Kier molecular flexibility index (Phi) is 4.19. The average molecular weight is 309 g/mol. The summed E-state index contributed by atoms with van der Waals surface area (Å²) in [5.41, 5.74) is -0.347. The maximum atomic E-state index is 6.07. The zero-order valence-corrected chi connectivity index (χ0v) is 11.9. The molecule has 2 rings (SSSR count). The van der Waals surface area contributed by atoms with Gasteiger partial charge in [-0.25, -0.2) is 4.98 Å². The summed E-state index contributed by atoms with van der Waals surface area (Å²) < 4.78 is 6.94. The SMILES string of the molecule is C=CCN1CCC(C=C)(Oc2ncccc2Br)C1. The summed E-state index contributed by atoms with van der Waals surface area (Å²) in [6.45, 7) is 10.4. The fourth-order valence-corrected chi connectivity index (χ4v) is 2.49. The lowest BCUT2D eigenvalue weighted by atomic mass is 10.0. The second kappa shape index (κ2) is 5.67. The fourth-order valence-electron chi connectivity index (χ4n) is 2.15. The molecule has 1 aromatic rings. The molecule has 0 N–H and O–H groups in total. The van der Waals surface area contributed by atoms with E-state index in [2.05, 4.69) is 39.0 Å². The van der Waals surface area contributed by atoms with Crippen LogP contribution >= 0.6 is 15.9 Å². The van der Waals surface area contributed by atoms with Gasteiger partial charge in [0, 0.05) is 32.3 Å². The summed E-state index contributed by atoms with van der Waals surface area (Å²) in [4.78, 5) is 6.55. The lowest BCUT2D eigenvalue weighted by Gasteiger charge is -2.26. The second-order valence-corrected chi connectivity index (χ2v) is 5.29. The molecule has 3 nitrogen and oxygen atoms in total. The smallest absolute Gasteiger partial charge is 0.228 e. The molecule has 0 radical (unpaired) electrons. The minimum Gasteiger partial charge on any atom is -0.465 e. The van der Waals surface area contributed by atoms with Crippen molar-refractivity contribution in [1.29, 1.82) is 0 Å². The highest BCUT2D eigenvalue weighted by Crippen LogP contribution is 2.31. The zero-order chi connectivity index (χ0) is 13.0. The van der Waals surface area contributed by atoms with Crippen LogP contribution in [0.15, 0.2) is 48.1 Å². The van der Waals surface area contributed by atoms with Crippen molar-refractivity contribution < 1.29 is 4.74 Å². The van der Waals surface area contributed by atoms with E-state index in [4.69, 9.17) is 4.74 Å². The Labute approximate surface area is 116 Å². The molecular formula is C14H17BrN2O. The molecule has 4 heteroatoms. The Bertz CT molecular complexity index is 449. The van der Waals surface area contributed by atoms with E-state index in [9.17, 15) is 0 Å². The first-order valence-electron chi connectivity index (χ1n) is 5.95. The van der Waals surface area contributed by atoms with Gasteiger partial charge in [-0.1, -0.05) is 12.7 Å². The Morgan fingerprint density at radius 3 is 3.06 bits per heavy atom. The van der Waals surface area contributed by atoms with Gasteiger partial charge in [0.05, 0.1) is 4.47 Å². The van der Waals surface area contributed by atoms with Crippen LogP contribution in [0.25, 0.3) is 0 Å². The van der Waals surface area contributed by atoms with E-state index in [1.165, 1.54) is 0 Å². The molecule has 0 amide bonds. The lowest BCUT2D eigenvalue weighted by molar-refractivity contribution is 0.121. The van der Waals surface area contributed by atoms with E-state index in [0.29, 0.717) is 5.88 Å². The molecule has 1 aliphatic rings. The van der Waals surface area contributed by atoms with Crippen molar-refractivity contribution in [2.75, 3.05) is 19.6 Å². The Morgan fingerprint density at radius 2 is 2.39 bits per heavy atom. The molecule has 96 valence electrons. The van der Waals surface area contributed by atoms with Crippen molar-refractivity contribution in [2.45, 2.75) is 12.0 Å². The van der Waals surface area contributed by atoms with Crippen molar-refractivity contribution in [1.82, 2.24) is 9.88 Å². The van der Waals surface area contributed by atoms with E-state index in [1.54, 1.807) is 6.20 Å². The number of halogens is 1. The standard InChI is InChI=1S/C14H17BrN2O/c1-3-9-17-10-7-14(4-2,11-17)18-13-12(15)6-5-8-16-13/h3-6,8H,1-2,7,9-11H2. The molecule has 0 bridgehead atoms. The lowest BCUT2D eigenvalue weighted by Crippen LogP contribution is -2.37. The molecule has 0 saturated carbocycles. The molecular weight excluding hydrogens is 292 g/mol. The van der Waals surface area contributed by atoms with Gasteiger partial charge in [-0.05, 0) is 34.1 Å². The van der Waals surface area contributed by atoms with Gasteiger partial charge in [0.15, 0.2) is 0 Å². The number of hydrogen-bond donors (Lipinski definition) is 0. The summed E-state index contributed by atoms with van der Waals surface area (Å²) in [6, 6.07) is 3.80. The third-order valence-corrected chi connectivity index (χ3v) is 3.73. The van der Waals surface area contributed by atoms with Crippen LogP contribution in [0.2, 0.25) is 0 Å². The van der Waals surface area contributed by atoms with Crippen molar-refractivity contribution in [2.24, 2.45) is 0 Å². The number of aromatic nitrogens is 1. The predicted octanol–water partition coefficient (Wildman–Crippen LogP) is 3.04. The van der Waals surface area contributed by atoms with E-state index < -0.39 is 0 Å². The average Bonchev–Trinajstić information content (AvgIpc) is 2.77. The fraction of sp³-hybridized carbons (Fsp3) is 0.357. The van der Waals surface area contributed by atoms with Crippen molar-refractivity contribution >= 4 is 15.9 Å². The molecule has 1 unspecified atom stereocenters. The third-order valence-electron chi connectivity index (χ3n) is 3.13. The van der Waals surface area contributed by atoms with Gasteiger partial charge >= 0.3 is 0 Å². The predicted molar refractivity (Wildman–Crippen MR) is 76.7 cm³/mol. The topological polar surface area (TPSA) is 25.4 Å². The Balaban J connectivity index is 2.13. The van der Waals surface area contributed by atoms with E-state index in [0.717, 1.165) is 30.5 Å². The minimum absolute atomic E-state index is 0.347. The van der Waals surface area contributed by atoms with E-state index in [-0.39, 0.29) is 5.60 Å². The third kappa shape index (κ3) is 2.82. The summed E-state index contributed by atoms with van der Waals surface area (Å²) in [5, 5.41) is 0. The number of likely N-dealkylation sites (tertiary alicyclic amines) is 1. The molecule has 0 aromatic carbocycles. The van der Waals surface area contributed by atoms with Crippen LogP contribution in [0, 0.1) is 0 Å². The minimum atomic E-state index is -0.347. The molecule has 2 heterocycles. The Hall–Kier alpha value is -1.13. The molecule has 0 aliphatic carbocycles. The number of nitrogens with zero attached hydrogens (tertiary/aromatic N) is 2. The van der Waals surface area contributed by atoms with Gasteiger partial charge in [0.2, 0.25) is 5.88 Å². The normalized spacial score (nSPS) is 23.8. The van der Waals surface area contributed by atoms with Crippen LogP contribution in [-0.2, 0) is 0 Å². The van der Waals surface area contributed by atoms with Gasteiger partial charge < -0.3 is 4.74 Å². The highest BCUT2D eigenvalue weighted by Gasteiger charge is 2.37. The van der Waals surface area contributed by atoms with Crippen LogP contribution in [0.3, 0.4) is 0 Å². The van der Waals surface area contributed by atoms with Crippen LogP contribution in [-0.4, -0.2) is 35.1 Å². The molecule has 1 saturated heterocycles. The molecule has 0 spiro atoms. The van der Waals surface area contributed by atoms with Crippen LogP contribution < -0.4 is 4.74 Å². The molecule has 1 aliphatic heterocycles. The van der Waals surface area contributed by atoms with Gasteiger partial charge in [0.1, 0.15) is 5.60 Å². The van der Waals surface area contributed by atoms with Gasteiger partial charge in [-0.3, -0.25) is 4.90 Å². The number of ether oxygens (including phenoxy) is 1. The van der Waals surface area contributed by atoms with Crippen molar-refractivity contribution in [3.63, 3.8) is 0 Å². The van der Waals surface area contributed by atoms with Gasteiger partial charge in [0.25, 0.3) is 0 Å². The first-order valence-corrected chi connectivity index (χ1v) is 6.75. The molecule has 1 fully saturated rings. The monoisotopic (exact) mass is 308 g/mol. The van der Waals surface area contributed by atoms with Gasteiger partial charge in [-0.15, -0.1) is 6.58 Å². The largest absolute Gasteiger partial charge is 0.465 e. The maximum Gasteiger partial charge on any atom is 0.228 e. The maximum absolute atomic E-state index is 6.07. The van der Waals surface area contributed by atoms with Crippen molar-refractivity contribution in [3.8, 4) is 5.88 Å². The van der Waals surface area contributed by atoms with Crippen LogP contribution in [0.5, 0.6) is 5.88 Å². The van der Waals surface area contributed by atoms with Crippen LogP contribution in [0.4, 0.5) is 0 Å². The molecule has 18 heavy (non-hydrogen) atoms. The Morgan fingerprint density at radius 1 is 1.56 bits per heavy atom. The molecule has 1 aromatic heterocycles. The first-order chi connectivity index (χ1) is 8.69.